The maximum absolute atomic E-state index is 12.2. The third-order valence-corrected chi connectivity index (χ3v) is 3.71. The molecule has 0 aliphatic carbocycles. The van der Waals surface area contributed by atoms with Crippen LogP contribution in [-0.2, 0) is 4.79 Å². The Morgan fingerprint density at radius 2 is 1.75 bits per heavy atom. The van der Waals surface area contributed by atoms with E-state index in [9.17, 15) is 4.79 Å². The molecule has 1 amide bonds. The van der Waals surface area contributed by atoms with Gasteiger partial charge in [0.05, 0.1) is 26.5 Å². The molecule has 2 aromatic rings. The van der Waals surface area contributed by atoms with Gasteiger partial charge in [-0.15, -0.1) is 0 Å². The highest BCUT2D eigenvalue weighted by Gasteiger charge is 2.09. The molecule has 0 heterocycles. The summed E-state index contributed by atoms with van der Waals surface area (Å²) in [5.74, 6) is 1.58. The fraction of sp³-hybridized carbons (Fsp3) is 0.316. The van der Waals surface area contributed by atoms with Crippen molar-refractivity contribution in [3.8, 4) is 11.5 Å². The molecule has 0 radical (unpaired) electrons. The third-order valence-electron chi connectivity index (χ3n) is 3.71. The number of amides is 1. The Balaban J connectivity index is 1.96. The first-order chi connectivity index (χ1) is 11.5. The van der Waals surface area contributed by atoms with Gasteiger partial charge in [-0.05, 0) is 35.7 Å². The molecule has 2 rings (SSSR count). The highest BCUT2D eigenvalue weighted by molar-refractivity contribution is 5.95. The van der Waals surface area contributed by atoms with E-state index in [0.717, 1.165) is 5.69 Å². The standard InChI is InChI=1S/C19H24N2O3/c1-13(2)14-5-7-15(8-6-14)20-12-19(22)21-17-11-16(23-3)9-10-18(17)24-4/h5-11,13,20H,12H2,1-4H3,(H,21,22). The number of nitrogens with one attached hydrogen (secondary N) is 2. The van der Waals surface area contributed by atoms with Crippen LogP contribution in [0.15, 0.2) is 42.5 Å². The van der Waals surface area contributed by atoms with Crippen LogP contribution >= 0.6 is 0 Å². The summed E-state index contributed by atoms with van der Waals surface area (Å²) < 4.78 is 10.4. The Labute approximate surface area is 143 Å². The Morgan fingerprint density at radius 1 is 1.04 bits per heavy atom. The van der Waals surface area contributed by atoms with Gasteiger partial charge in [0.25, 0.3) is 0 Å². The maximum Gasteiger partial charge on any atom is 0.243 e. The van der Waals surface area contributed by atoms with Gasteiger partial charge in [-0.25, -0.2) is 0 Å². The fourth-order valence-electron chi connectivity index (χ4n) is 2.27. The average molecular weight is 328 g/mol. The smallest absolute Gasteiger partial charge is 0.243 e. The normalized spacial score (nSPS) is 10.4. The molecule has 5 nitrogen and oxygen atoms in total. The summed E-state index contributed by atoms with van der Waals surface area (Å²) in [6, 6.07) is 13.4. The number of benzene rings is 2. The third kappa shape index (κ3) is 4.65. The first-order valence-corrected chi connectivity index (χ1v) is 7.89. The van der Waals surface area contributed by atoms with Crippen molar-refractivity contribution < 1.29 is 14.3 Å². The lowest BCUT2D eigenvalue weighted by atomic mass is 10.0. The minimum atomic E-state index is -0.158. The molecule has 2 N–H and O–H groups in total. The number of carbonyl (C=O) groups excluding carboxylic acids is 1. The van der Waals surface area contributed by atoms with E-state index in [2.05, 4.69) is 36.6 Å². The zero-order valence-corrected chi connectivity index (χ0v) is 14.6. The van der Waals surface area contributed by atoms with E-state index < -0.39 is 0 Å². The van der Waals surface area contributed by atoms with Gasteiger partial charge in [0.15, 0.2) is 0 Å². The quantitative estimate of drug-likeness (QED) is 0.810. The minimum absolute atomic E-state index is 0.158. The molecule has 0 aromatic heterocycles. The fourth-order valence-corrected chi connectivity index (χ4v) is 2.27. The summed E-state index contributed by atoms with van der Waals surface area (Å²) in [4.78, 5) is 12.2. The monoisotopic (exact) mass is 328 g/mol. The Hall–Kier alpha value is -2.69. The molecule has 5 heteroatoms. The number of methoxy groups -OCH3 is 2. The van der Waals surface area contributed by atoms with E-state index >= 15 is 0 Å². The largest absolute Gasteiger partial charge is 0.497 e. The van der Waals surface area contributed by atoms with Crippen LogP contribution in [0, 0.1) is 0 Å². The van der Waals surface area contributed by atoms with Crippen molar-refractivity contribution in [3.63, 3.8) is 0 Å². The van der Waals surface area contributed by atoms with E-state index in [4.69, 9.17) is 9.47 Å². The lowest BCUT2D eigenvalue weighted by Gasteiger charge is -2.13. The SMILES string of the molecule is COc1ccc(OC)c(NC(=O)CNc2ccc(C(C)C)cc2)c1. The average Bonchev–Trinajstić information content (AvgIpc) is 2.60. The topological polar surface area (TPSA) is 59.6 Å². The zero-order valence-electron chi connectivity index (χ0n) is 14.6. The Morgan fingerprint density at radius 3 is 2.33 bits per heavy atom. The molecule has 0 fully saturated rings. The number of hydrogen-bond acceptors (Lipinski definition) is 4. The van der Waals surface area contributed by atoms with E-state index in [1.807, 2.05) is 12.1 Å². The molecule has 0 atom stereocenters. The van der Waals surface area contributed by atoms with Crippen LogP contribution in [0.4, 0.5) is 11.4 Å². The summed E-state index contributed by atoms with van der Waals surface area (Å²) in [5.41, 5.74) is 2.76. The number of rotatable bonds is 7. The number of anilines is 2. The number of ether oxygens (including phenoxy) is 2. The van der Waals surface area contributed by atoms with Crippen LogP contribution in [0.5, 0.6) is 11.5 Å². The second-order valence-electron chi connectivity index (χ2n) is 5.74. The molecule has 0 saturated heterocycles. The summed E-state index contributed by atoms with van der Waals surface area (Å²) in [5, 5.41) is 5.94. The number of hydrogen-bond donors (Lipinski definition) is 2. The molecular formula is C19H24N2O3. The van der Waals surface area contributed by atoms with Gasteiger partial charge >= 0.3 is 0 Å². The lowest BCUT2D eigenvalue weighted by molar-refractivity contribution is -0.114. The zero-order chi connectivity index (χ0) is 17.5. The van der Waals surface area contributed by atoms with Crippen molar-refractivity contribution in [2.75, 3.05) is 31.4 Å². The molecule has 0 aliphatic rings. The predicted molar refractivity (Wildman–Crippen MR) is 97.2 cm³/mol. The van der Waals surface area contributed by atoms with Gasteiger partial charge in [-0.2, -0.15) is 0 Å². The Kier molecular flexibility index (Phi) is 6.07. The lowest BCUT2D eigenvalue weighted by Crippen LogP contribution is -2.22. The van der Waals surface area contributed by atoms with Crippen LogP contribution in [0.3, 0.4) is 0 Å². The van der Waals surface area contributed by atoms with Gasteiger partial charge in [-0.3, -0.25) is 4.79 Å². The van der Waals surface area contributed by atoms with Crippen LogP contribution in [-0.4, -0.2) is 26.7 Å². The van der Waals surface area contributed by atoms with E-state index in [-0.39, 0.29) is 12.5 Å². The van der Waals surface area contributed by atoms with Gasteiger partial charge in [0.2, 0.25) is 5.91 Å². The summed E-state index contributed by atoms with van der Waals surface area (Å²) in [6.07, 6.45) is 0. The first kappa shape index (κ1) is 17.7. The van der Waals surface area contributed by atoms with Crippen molar-refractivity contribution in [2.24, 2.45) is 0 Å². The maximum atomic E-state index is 12.2. The predicted octanol–water partition coefficient (Wildman–Crippen LogP) is 3.88. The van der Waals surface area contributed by atoms with Crippen molar-refractivity contribution in [1.82, 2.24) is 0 Å². The van der Waals surface area contributed by atoms with Crippen LogP contribution in [0.2, 0.25) is 0 Å². The second kappa shape index (κ2) is 8.24. The van der Waals surface area contributed by atoms with E-state index in [1.54, 1.807) is 32.4 Å². The van der Waals surface area contributed by atoms with Crippen LogP contribution in [0.25, 0.3) is 0 Å². The molecule has 2 aromatic carbocycles. The molecule has 0 aliphatic heterocycles. The van der Waals surface area contributed by atoms with Gasteiger partial charge in [0, 0.05) is 11.8 Å². The van der Waals surface area contributed by atoms with Gasteiger partial charge in [-0.1, -0.05) is 26.0 Å². The van der Waals surface area contributed by atoms with Gasteiger partial charge in [0.1, 0.15) is 11.5 Å². The molecule has 128 valence electrons. The molecule has 24 heavy (non-hydrogen) atoms. The summed E-state index contributed by atoms with van der Waals surface area (Å²) in [7, 11) is 3.14. The van der Waals surface area contributed by atoms with Crippen molar-refractivity contribution in [1.29, 1.82) is 0 Å². The van der Waals surface area contributed by atoms with Crippen LogP contribution < -0.4 is 20.1 Å². The number of carbonyl (C=O) groups is 1. The van der Waals surface area contributed by atoms with Crippen molar-refractivity contribution in [2.45, 2.75) is 19.8 Å². The van der Waals surface area contributed by atoms with Crippen LogP contribution in [0.1, 0.15) is 25.3 Å². The summed E-state index contributed by atoms with van der Waals surface area (Å²) in [6.45, 7) is 4.47. The minimum Gasteiger partial charge on any atom is -0.497 e. The van der Waals surface area contributed by atoms with Crippen molar-refractivity contribution >= 4 is 17.3 Å². The molecule has 0 saturated carbocycles. The summed E-state index contributed by atoms with van der Waals surface area (Å²) >= 11 is 0. The highest BCUT2D eigenvalue weighted by Crippen LogP contribution is 2.28. The van der Waals surface area contributed by atoms with Gasteiger partial charge < -0.3 is 20.1 Å². The molecule has 0 spiro atoms. The molecular weight excluding hydrogens is 304 g/mol. The van der Waals surface area contributed by atoms with E-state index in [1.165, 1.54) is 5.56 Å². The second-order valence-corrected chi connectivity index (χ2v) is 5.74. The first-order valence-electron chi connectivity index (χ1n) is 7.89. The Bertz CT molecular complexity index is 682. The highest BCUT2D eigenvalue weighted by atomic mass is 16.5. The molecule has 0 unspecified atom stereocenters. The van der Waals surface area contributed by atoms with E-state index in [0.29, 0.717) is 23.1 Å². The van der Waals surface area contributed by atoms with Crippen molar-refractivity contribution in [3.05, 3.63) is 48.0 Å². The molecule has 0 bridgehead atoms.